The Morgan fingerprint density at radius 2 is 2.04 bits per heavy atom. The molecule has 0 unspecified atom stereocenters. The summed E-state index contributed by atoms with van der Waals surface area (Å²) in [5, 5.41) is 11.5. The highest BCUT2D eigenvalue weighted by atomic mass is 79.9. The maximum atomic E-state index is 12.1. The number of nitrogens with one attached hydrogen (secondary N) is 1. The molecule has 2 aromatic rings. The average molecular weight is 413 g/mol. The van der Waals surface area contributed by atoms with Gasteiger partial charge in [-0.1, -0.05) is 34.1 Å². The highest BCUT2D eigenvalue weighted by Crippen LogP contribution is 2.19. The lowest BCUT2D eigenvalue weighted by Gasteiger charge is -2.12. The number of halogens is 1. The third-order valence-corrected chi connectivity index (χ3v) is 4.16. The summed E-state index contributed by atoms with van der Waals surface area (Å²) in [6.07, 6.45) is 1.92. The van der Waals surface area contributed by atoms with Gasteiger partial charge in [0.2, 0.25) is 0 Å². The summed E-state index contributed by atoms with van der Waals surface area (Å²) in [4.78, 5) is 24.0. The van der Waals surface area contributed by atoms with E-state index in [1.54, 1.807) is 30.3 Å². The third kappa shape index (κ3) is 5.57. The Morgan fingerprint density at radius 1 is 1.27 bits per heavy atom. The largest absolute Gasteiger partial charge is 0.449 e. The van der Waals surface area contributed by atoms with E-state index >= 15 is 0 Å². The lowest BCUT2D eigenvalue weighted by Crippen LogP contribution is -2.29. The zero-order valence-corrected chi connectivity index (χ0v) is 15.9. The van der Waals surface area contributed by atoms with Crippen molar-refractivity contribution in [2.24, 2.45) is 0 Å². The maximum absolute atomic E-state index is 12.1. The van der Waals surface area contributed by atoms with Crippen LogP contribution in [-0.2, 0) is 14.3 Å². The van der Waals surface area contributed by atoms with E-state index in [2.05, 4.69) is 21.2 Å². The maximum Gasteiger partial charge on any atom is 0.331 e. The van der Waals surface area contributed by atoms with Crippen LogP contribution in [0.25, 0.3) is 6.08 Å². The number of nitrogens with zero attached hydrogens (tertiary/aromatic N) is 1. The van der Waals surface area contributed by atoms with Crippen molar-refractivity contribution in [3.8, 4) is 6.07 Å². The van der Waals surface area contributed by atoms with E-state index in [-0.39, 0.29) is 0 Å². The number of esters is 1. The molecule has 132 valence electrons. The Kier molecular flexibility index (Phi) is 6.70. The molecule has 6 heteroatoms. The first-order valence-electron chi connectivity index (χ1n) is 7.85. The van der Waals surface area contributed by atoms with Crippen molar-refractivity contribution < 1.29 is 14.3 Å². The highest BCUT2D eigenvalue weighted by Gasteiger charge is 2.16. The molecule has 0 aromatic heterocycles. The van der Waals surface area contributed by atoms with Crippen molar-refractivity contribution in [2.45, 2.75) is 20.0 Å². The fraction of sp³-hybridized carbons (Fsp3) is 0.150. The van der Waals surface area contributed by atoms with Crippen molar-refractivity contribution in [2.75, 3.05) is 5.32 Å². The molecule has 26 heavy (non-hydrogen) atoms. The van der Waals surface area contributed by atoms with E-state index in [1.807, 2.05) is 31.2 Å². The van der Waals surface area contributed by atoms with E-state index in [1.165, 1.54) is 13.0 Å². The summed E-state index contributed by atoms with van der Waals surface area (Å²) in [7, 11) is 0. The number of carbonyl (C=O) groups is 2. The molecule has 0 aliphatic rings. The van der Waals surface area contributed by atoms with E-state index in [4.69, 9.17) is 10.00 Å². The predicted molar refractivity (Wildman–Crippen MR) is 103 cm³/mol. The summed E-state index contributed by atoms with van der Waals surface area (Å²) < 4.78 is 5.97. The highest BCUT2D eigenvalue weighted by molar-refractivity contribution is 9.10. The minimum absolute atomic E-state index is 0.430. The van der Waals surface area contributed by atoms with Crippen molar-refractivity contribution in [1.82, 2.24) is 0 Å². The van der Waals surface area contributed by atoms with Crippen LogP contribution in [0.15, 0.2) is 53.0 Å². The summed E-state index contributed by atoms with van der Waals surface area (Å²) in [6.45, 7) is 3.45. The molecule has 0 bridgehead atoms. The molecule has 0 aliphatic carbocycles. The van der Waals surface area contributed by atoms with Crippen LogP contribution >= 0.6 is 15.9 Å². The van der Waals surface area contributed by atoms with Crippen LogP contribution in [-0.4, -0.2) is 18.0 Å². The Hall–Kier alpha value is -2.91. The van der Waals surface area contributed by atoms with Crippen molar-refractivity contribution >= 4 is 39.6 Å². The van der Waals surface area contributed by atoms with Gasteiger partial charge in [0.05, 0.1) is 11.6 Å². The second kappa shape index (κ2) is 8.97. The van der Waals surface area contributed by atoms with Gasteiger partial charge in [0.1, 0.15) is 0 Å². The normalized spacial score (nSPS) is 11.6. The predicted octanol–water partition coefficient (Wildman–Crippen LogP) is 4.21. The number of carbonyl (C=O) groups excluding carboxylic acids is 2. The molecule has 0 saturated carbocycles. The van der Waals surface area contributed by atoms with Gasteiger partial charge >= 0.3 is 5.97 Å². The van der Waals surface area contributed by atoms with Crippen LogP contribution in [0.2, 0.25) is 0 Å². The molecule has 0 aliphatic heterocycles. The van der Waals surface area contributed by atoms with Crippen LogP contribution in [0.5, 0.6) is 0 Å². The van der Waals surface area contributed by atoms with Gasteiger partial charge in [0.15, 0.2) is 6.10 Å². The van der Waals surface area contributed by atoms with Gasteiger partial charge in [-0.15, -0.1) is 0 Å². The number of hydrogen-bond donors (Lipinski definition) is 1. The van der Waals surface area contributed by atoms with Crippen molar-refractivity contribution in [3.63, 3.8) is 0 Å². The molecular formula is C20H17BrN2O3. The zero-order chi connectivity index (χ0) is 19.1. The number of anilines is 1. The van der Waals surface area contributed by atoms with E-state index < -0.39 is 18.0 Å². The summed E-state index contributed by atoms with van der Waals surface area (Å²) >= 11 is 3.43. The standard InChI is InChI=1S/C20H17BrN2O3/c1-13-6-7-16(18(21)10-13)8-9-19(24)26-14(2)20(25)23-17-5-3-4-15(11-17)12-22/h3-11,14H,1-2H3,(H,23,25)/b9-8+/t14-/m0/s1. The van der Waals surface area contributed by atoms with Gasteiger partial charge in [0.25, 0.3) is 5.91 Å². The summed E-state index contributed by atoms with van der Waals surface area (Å²) in [6, 6.07) is 14.2. The molecular weight excluding hydrogens is 396 g/mol. The fourth-order valence-electron chi connectivity index (χ4n) is 2.10. The van der Waals surface area contributed by atoms with Gasteiger partial charge < -0.3 is 10.1 Å². The van der Waals surface area contributed by atoms with Gasteiger partial charge in [-0.3, -0.25) is 4.79 Å². The molecule has 0 spiro atoms. The molecule has 1 amide bonds. The molecule has 0 fully saturated rings. The van der Waals surface area contributed by atoms with Gasteiger partial charge in [-0.05, 0) is 55.3 Å². The molecule has 0 heterocycles. The number of aryl methyl sites for hydroxylation is 1. The van der Waals surface area contributed by atoms with E-state index in [0.717, 1.165) is 15.6 Å². The van der Waals surface area contributed by atoms with Gasteiger partial charge in [0, 0.05) is 16.2 Å². The number of rotatable bonds is 5. The Labute approximate surface area is 160 Å². The first-order chi connectivity index (χ1) is 12.4. The number of ether oxygens (including phenoxy) is 1. The minimum Gasteiger partial charge on any atom is -0.449 e. The summed E-state index contributed by atoms with van der Waals surface area (Å²) in [5.41, 5.74) is 2.83. The van der Waals surface area contributed by atoms with Crippen LogP contribution in [0.3, 0.4) is 0 Å². The van der Waals surface area contributed by atoms with Crippen molar-refractivity contribution in [3.05, 3.63) is 69.7 Å². The van der Waals surface area contributed by atoms with Crippen LogP contribution in [0, 0.1) is 18.3 Å². The van der Waals surface area contributed by atoms with Gasteiger partial charge in [-0.25, -0.2) is 4.79 Å². The SMILES string of the molecule is Cc1ccc(/C=C/C(=O)O[C@@H](C)C(=O)Nc2cccc(C#N)c2)c(Br)c1. The second-order valence-electron chi connectivity index (χ2n) is 5.62. The minimum atomic E-state index is -0.973. The van der Waals surface area contributed by atoms with Crippen LogP contribution < -0.4 is 5.32 Å². The van der Waals surface area contributed by atoms with E-state index in [0.29, 0.717) is 11.3 Å². The molecule has 1 atom stereocenters. The number of amides is 1. The first kappa shape index (κ1) is 19.4. The smallest absolute Gasteiger partial charge is 0.331 e. The number of hydrogen-bond acceptors (Lipinski definition) is 4. The molecule has 2 rings (SSSR count). The Balaban J connectivity index is 1.94. The van der Waals surface area contributed by atoms with Crippen molar-refractivity contribution in [1.29, 1.82) is 5.26 Å². The number of benzene rings is 2. The number of nitriles is 1. The molecule has 2 aromatic carbocycles. The molecule has 5 nitrogen and oxygen atoms in total. The molecule has 0 saturated heterocycles. The monoisotopic (exact) mass is 412 g/mol. The molecule has 0 radical (unpaired) electrons. The second-order valence-corrected chi connectivity index (χ2v) is 6.47. The average Bonchev–Trinajstić information content (AvgIpc) is 2.61. The van der Waals surface area contributed by atoms with Gasteiger partial charge in [-0.2, -0.15) is 5.26 Å². The Bertz CT molecular complexity index is 900. The zero-order valence-electron chi connectivity index (χ0n) is 14.3. The third-order valence-electron chi connectivity index (χ3n) is 3.48. The Morgan fingerprint density at radius 3 is 2.73 bits per heavy atom. The first-order valence-corrected chi connectivity index (χ1v) is 8.64. The summed E-state index contributed by atoms with van der Waals surface area (Å²) in [5.74, 6) is -1.09. The van der Waals surface area contributed by atoms with Crippen LogP contribution in [0.1, 0.15) is 23.6 Å². The lowest BCUT2D eigenvalue weighted by molar-refractivity contribution is -0.148. The topological polar surface area (TPSA) is 79.2 Å². The van der Waals surface area contributed by atoms with E-state index in [9.17, 15) is 9.59 Å². The fourth-order valence-corrected chi connectivity index (χ4v) is 2.73. The van der Waals surface area contributed by atoms with Crippen LogP contribution in [0.4, 0.5) is 5.69 Å². The lowest BCUT2D eigenvalue weighted by atomic mass is 10.1. The quantitative estimate of drug-likeness (QED) is 0.588. The molecule has 1 N–H and O–H groups in total.